The Labute approximate surface area is 219 Å². The fourth-order valence-electron chi connectivity index (χ4n) is 5.67. The highest BCUT2D eigenvalue weighted by Gasteiger charge is 2.25. The first-order chi connectivity index (χ1) is 18.1. The molecule has 202 valence electrons. The average Bonchev–Trinajstić information content (AvgIpc) is 3.55. The predicted octanol–water partition coefficient (Wildman–Crippen LogP) is 0.735. The highest BCUT2D eigenvalue weighted by molar-refractivity contribution is 5.42. The van der Waals surface area contributed by atoms with E-state index in [9.17, 15) is 0 Å². The van der Waals surface area contributed by atoms with Gasteiger partial charge in [0.2, 0.25) is 6.41 Å². The molecular weight excluding hydrogens is 466 g/mol. The number of pyridine rings is 1. The minimum atomic E-state index is 0.250. The van der Waals surface area contributed by atoms with Crippen molar-refractivity contribution < 1.29 is 9.53 Å². The molecule has 9 heteroatoms. The zero-order chi connectivity index (χ0) is 26.0. The fourth-order valence-corrected chi connectivity index (χ4v) is 5.67. The molecule has 9 nitrogen and oxygen atoms in total. The van der Waals surface area contributed by atoms with Crippen LogP contribution in [0.1, 0.15) is 55.8 Å². The number of nitrogens with one attached hydrogen (secondary N) is 2. The standard InChI is InChI=1S/C27H40N6O.CH3NO/c1-32-14-2-3-26(32)25-17-21(18-28)24(31-25)6-4-20-5-7-27(30-19-20)33-15-10-23(11-16-33)34-22-8-12-29-13-9-22;2-1-3/h5-7,17-19,22-23,26,29,31H,2-4,8-16,28H2,1H3;1H,(H2,2,3)/b21-18-,24-6+;. The maximum Gasteiger partial charge on any atom is 0.204 e. The van der Waals surface area contributed by atoms with Crippen LogP contribution in [0.5, 0.6) is 0 Å². The molecule has 0 spiro atoms. The van der Waals surface area contributed by atoms with Crippen molar-refractivity contribution in [3.8, 4) is 0 Å². The second-order valence-electron chi connectivity index (χ2n) is 10.2. The number of nitrogens with two attached hydrogens (primary N) is 2. The first-order valence-corrected chi connectivity index (χ1v) is 13.6. The third kappa shape index (κ3) is 7.34. The molecule has 5 heterocycles. The van der Waals surface area contributed by atoms with Gasteiger partial charge in [-0.05, 0) is 89.3 Å². The van der Waals surface area contributed by atoms with Crippen LogP contribution in [0.3, 0.4) is 0 Å². The Morgan fingerprint density at radius 3 is 2.43 bits per heavy atom. The second kappa shape index (κ2) is 13.6. The lowest BCUT2D eigenvalue weighted by atomic mass is 10.1. The summed E-state index contributed by atoms with van der Waals surface area (Å²) in [6, 6.07) is 7.05. The summed E-state index contributed by atoms with van der Waals surface area (Å²) in [6.07, 6.45) is 14.8. The number of hydrogen-bond donors (Lipinski definition) is 4. The largest absolute Gasteiger partial charge is 0.404 e. The summed E-state index contributed by atoms with van der Waals surface area (Å²) in [4.78, 5) is 21.8. The zero-order valence-corrected chi connectivity index (χ0v) is 22.1. The fraction of sp³-hybridized carbons (Fsp3) is 0.571. The first kappa shape index (κ1) is 27.2. The molecule has 1 amide bonds. The van der Waals surface area contributed by atoms with Crippen molar-refractivity contribution in [3.63, 3.8) is 0 Å². The van der Waals surface area contributed by atoms with Crippen LogP contribution < -0.4 is 32.3 Å². The van der Waals surface area contributed by atoms with Gasteiger partial charge in [-0.15, -0.1) is 0 Å². The number of hydrogen-bond acceptors (Lipinski definition) is 7. The second-order valence-corrected chi connectivity index (χ2v) is 10.2. The number of amides is 1. The Hall–Kier alpha value is -2.88. The lowest BCUT2D eigenvalue weighted by Gasteiger charge is -2.35. The molecule has 0 aromatic carbocycles. The molecule has 0 saturated carbocycles. The number of carbonyl (C=O) groups excluding carboxylic acids is 1. The number of aromatic amines is 1. The Kier molecular flexibility index (Phi) is 9.99. The normalized spacial score (nSPS) is 22.7. The van der Waals surface area contributed by atoms with Crippen LogP contribution in [0.2, 0.25) is 0 Å². The molecule has 0 aliphatic carbocycles. The third-order valence-electron chi connectivity index (χ3n) is 7.75. The van der Waals surface area contributed by atoms with Gasteiger partial charge in [-0.2, -0.15) is 0 Å². The summed E-state index contributed by atoms with van der Waals surface area (Å²) in [5, 5.41) is 5.60. The maximum absolute atomic E-state index is 8.58. The van der Waals surface area contributed by atoms with Crippen molar-refractivity contribution >= 4 is 24.5 Å². The number of nitrogens with zero attached hydrogens (tertiary/aromatic N) is 3. The SMILES string of the molecule is CN1CCCC1c1cc(=C/N)/c(=C\Cc2ccc(N3CCC(OC4CCNCC4)CC3)nc2)[nH]1.NC=O. The van der Waals surface area contributed by atoms with Gasteiger partial charge in [0.05, 0.1) is 12.2 Å². The van der Waals surface area contributed by atoms with Gasteiger partial charge in [0, 0.05) is 47.8 Å². The minimum Gasteiger partial charge on any atom is -0.404 e. The number of carbonyl (C=O) groups is 1. The van der Waals surface area contributed by atoms with Crippen LogP contribution >= 0.6 is 0 Å². The van der Waals surface area contributed by atoms with E-state index < -0.39 is 0 Å². The molecule has 3 fully saturated rings. The summed E-state index contributed by atoms with van der Waals surface area (Å²) in [5.41, 5.74) is 12.6. The summed E-state index contributed by atoms with van der Waals surface area (Å²) in [6.45, 7) is 5.37. The van der Waals surface area contributed by atoms with Crippen molar-refractivity contribution in [1.82, 2.24) is 20.2 Å². The van der Waals surface area contributed by atoms with Crippen molar-refractivity contribution in [2.45, 2.75) is 63.2 Å². The van der Waals surface area contributed by atoms with Gasteiger partial charge < -0.3 is 31.4 Å². The van der Waals surface area contributed by atoms with Crippen LogP contribution in [0.4, 0.5) is 5.82 Å². The number of H-pyrrole nitrogens is 1. The molecule has 3 saturated heterocycles. The van der Waals surface area contributed by atoms with Crippen LogP contribution in [0.15, 0.2) is 24.4 Å². The van der Waals surface area contributed by atoms with E-state index in [1.54, 1.807) is 6.20 Å². The summed E-state index contributed by atoms with van der Waals surface area (Å²) in [5.74, 6) is 1.08. The van der Waals surface area contributed by atoms with E-state index in [1.807, 2.05) is 6.20 Å². The number of primary amides is 1. The molecule has 37 heavy (non-hydrogen) atoms. The molecule has 5 rings (SSSR count). The number of rotatable bonds is 6. The summed E-state index contributed by atoms with van der Waals surface area (Å²) < 4.78 is 6.36. The molecule has 2 aromatic heterocycles. The van der Waals surface area contributed by atoms with Crippen molar-refractivity contribution in [2.75, 3.05) is 44.7 Å². The lowest BCUT2D eigenvalue weighted by Crippen LogP contribution is -2.41. The van der Waals surface area contributed by atoms with Crippen LogP contribution in [0, 0.1) is 0 Å². The van der Waals surface area contributed by atoms with Gasteiger partial charge in [0.1, 0.15) is 5.82 Å². The van der Waals surface area contributed by atoms with Gasteiger partial charge in [0.15, 0.2) is 0 Å². The molecule has 0 bridgehead atoms. The molecule has 1 atom stereocenters. The van der Waals surface area contributed by atoms with E-state index in [2.05, 4.69) is 57.2 Å². The number of likely N-dealkylation sites (tertiary alicyclic amines) is 1. The lowest BCUT2D eigenvalue weighted by molar-refractivity contribution is -0.106. The van der Waals surface area contributed by atoms with Gasteiger partial charge in [-0.1, -0.05) is 12.1 Å². The number of piperidine rings is 2. The van der Waals surface area contributed by atoms with E-state index in [1.165, 1.54) is 24.1 Å². The van der Waals surface area contributed by atoms with E-state index in [4.69, 9.17) is 20.2 Å². The van der Waals surface area contributed by atoms with Crippen molar-refractivity contribution in [3.05, 3.63) is 46.2 Å². The Bertz CT molecular complexity index is 1090. The summed E-state index contributed by atoms with van der Waals surface area (Å²) >= 11 is 0. The van der Waals surface area contributed by atoms with Crippen molar-refractivity contribution in [2.24, 2.45) is 11.5 Å². The molecule has 6 N–H and O–H groups in total. The predicted molar refractivity (Wildman–Crippen MR) is 148 cm³/mol. The van der Waals surface area contributed by atoms with E-state index in [0.717, 1.165) is 81.2 Å². The molecular formula is C28H43N7O2. The number of ether oxygens (including phenoxy) is 1. The van der Waals surface area contributed by atoms with Crippen molar-refractivity contribution in [1.29, 1.82) is 0 Å². The molecule has 3 aliphatic rings. The number of aromatic nitrogens is 2. The van der Waals surface area contributed by atoms with Crippen LogP contribution in [-0.2, 0) is 16.0 Å². The molecule has 2 aromatic rings. The van der Waals surface area contributed by atoms with Gasteiger partial charge in [-0.3, -0.25) is 9.69 Å². The average molecular weight is 510 g/mol. The highest BCUT2D eigenvalue weighted by atomic mass is 16.5. The molecule has 0 radical (unpaired) electrons. The van der Waals surface area contributed by atoms with E-state index in [0.29, 0.717) is 18.2 Å². The zero-order valence-electron chi connectivity index (χ0n) is 22.1. The van der Waals surface area contributed by atoms with Gasteiger partial charge >= 0.3 is 0 Å². The van der Waals surface area contributed by atoms with Gasteiger partial charge in [0.25, 0.3) is 0 Å². The Morgan fingerprint density at radius 2 is 1.81 bits per heavy atom. The monoisotopic (exact) mass is 509 g/mol. The van der Waals surface area contributed by atoms with Crippen LogP contribution in [-0.4, -0.2) is 73.3 Å². The third-order valence-corrected chi connectivity index (χ3v) is 7.75. The number of anilines is 1. The Balaban J connectivity index is 0.00000102. The maximum atomic E-state index is 8.58. The molecule has 3 aliphatic heterocycles. The smallest absolute Gasteiger partial charge is 0.204 e. The summed E-state index contributed by atoms with van der Waals surface area (Å²) in [7, 11) is 2.20. The quantitative estimate of drug-likeness (QED) is 0.423. The first-order valence-electron chi connectivity index (χ1n) is 13.6. The van der Waals surface area contributed by atoms with E-state index >= 15 is 0 Å². The minimum absolute atomic E-state index is 0.250. The topological polar surface area (TPSA) is 126 Å². The Morgan fingerprint density at radius 1 is 1.08 bits per heavy atom. The highest BCUT2D eigenvalue weighted by Crippen LogP contribution is 2.28. The van der Waals surface area contributed by atoms with Gasteiger partial charge in [-0.25, -0.2) is 4.98 Å². The molecule has 1 unspecified atom stereocenters. The van der Waals surface area contributed by atoms with E-state index in [-0.39, 0.29) is 6.41 Å². The van der Waals surface area contributed by atoms with Crippen LogP contribution in [0.25, 0.3) is 12.3 Å².